The largest absolute Gasteiger partial charge is 0.496 e. The predicted molar refractivity (Wildman–Crippen MR) is 91.8 cm³/mol. The summed E-state index contributed by atoms with van der Waals surface area (Å²) in [5.41, 5.74) is 1.09. The Morgan fingerprint density at radius 1 is 1.08 bits per heavy atom. The van der Waals surface area contributed by atoms with Crippen molar-refractivity contribution in [1.29, 1.82) is 0 Å². The van der Waals surface area contributed by atoms with Crippen LogP contribution in [-0.4, -0.2) is 44.1 Å². The molecule has 0 bridgehead atoms. The standard InChI is InChI=1S/C19H20F2N2O2/c1-25-18-7-6-15(20)12-14(18)13-19(24)23-10-8-22(9-11-23)17-5-3-2-4-16(17)21/h2-7,12H,8-11,13H2,1H3. The first-order valence-electron chi connectivity index (χ1n) is 8.18. The quantitative estimate of drug-likeness (QED) is 0.853. The van der Waals surface area contributed by atoms with Crippen molar-refractivity contribution in [2.75, 3.05) is 38.2 Å². The summed E-state index contributed by atoms with van der Waals surface area (Å²) in [6.45, 7) is 2.13. The molecule has 132 valence electrons. The molecule has 1 saturated heterocycles. The third-order valence-corrected chi connectivity index (χ3v) is 4.41. The number of rotatable bonds is 4. The Balaban J connectivity index is 1.62. The van der Waals surface area contributed by atoms with E-state index in [9.17, 15) is 13.6 Å². The molecule has 4 nitrogen and oxygen atoms in total. The van der Waals surface area contributed by atoms with Crippen LogP contribution in [0.1, 0.15) is 5.56 Å². The summed E-state index contributed by atoms with van der Waals surface area (Å²) in [4.78, 5) is 16.2. The third-order valence-electron chi connectivity index (χ3n) is 4.41. The van der Waals surface area contributed by atoms with Crippen molar-refractivity contribution < 1.29 is 18.3 Å². The number of ether oxygens (including phenoxy) is 1. The summed E-state index contributed by atoms with van der Waals surface area (Å²) in [6.07, 6.45) is 0.0840. The molecule has 0 aliphatic carbocycles. The first-order valence-corrected chi connectivity index (χ1v) is 8.18. The van der Waals surface area contributed by atoms with Crippen molar-refractivity contribution in [2.45, 2.75) is 6.42 Å². The van der Waals surface area contributed by atoms with E-state index >= 15 is 0 Å². The number of hydrogen-bond donors (Lipinski definition) is 0. The second-order valence-electron chi connectivity index (χ2n) is 5.95. The number of benzene rings is 2. The van der Waals surface area contributed by atoms with E-state index in [1.165, 1.54) is 31.4 Å². The Hall–Kier alpha value is -2.63. The lowest BCUT2D eigenvalue weighted by molar-refractivity contribution is -0.130. The Morgan fingerprint density at radius 2 is 1.80 bits per heavy atom. The molecule has 0 atom stereocenters. The van der Waals surface area contributed by atoms with Crippen LogP contribution in [0.4, 0.5) is 14.5 Å². The molecule has 0 aromatic heterocycles. The Bertz CT molecular complexity index is 759. The molecule has 2 aromatic rings. The maximum Gasteiger partial charge on any atom is 0.227 e. The zero-order chi connectivity index (χ0) is 17.8. The van der Waals surface area contributed by atoms with Crippen LogP contribution in [0.25, 0.3) is 0 Å². The fraction of sp³-hybridized carbons (Fsp3) is 0.316. The molecule has 0 unspecified atom stereocenters. The normalized spacial score (nSPS) is 14.5. The van der Waals surface area contributed by atoms with E-state index in [1.54, 1.807) is 23.1 Å². The molecule has 2 aromatic carbocycles. The summed E-state index contributed by atoms with van der Waals surface area (Å²) < 4.78 is 32.5. The molecule has 1 aliphatic rings. The number of carbonyl (C=O) groups excluding carboxylic acids is 1. The third kappa shape index (κ3) is 3.90. The summed E-state index contributed by atoms with van der Waals surface area (Å²) in [5, 5.41) is 0. The molecule has 25 heavy (non-hydrogen) atoms. The summed E-state index contributed by atoms with van der Waals surface area (Å²) in [7, 11) is 1.49. The first kappa shape index (κ1) is 17.2. The second kappa shape index (κ2) is 7.51. The SMILES string of the molecule is COc1ccc(F)cc1CC(=O)N1CCN(c2ccccc2F)CC1. The lowest BCUT2D eigenvalue weighted by Gasteiger charge is -2.36. The van der Waals surface area contributed by atoms with Gasteiger partial charge in [-0.2, -0.15) is 0 Å². The van der Waals surface area contributed by atoms with Crippen LogP contribution in [0.15, 0.2) is 42.5 Å². The Kier molecular flexibility index (Phi) is 5.16. The summed E-state index contributed by atoms with van der Waals surface area (Å²) >= 11 is 0. The van der Waals surface area contributed by atoms with Crippen molar-refractivity contribution in [1.82, 2.24) is 4.90 Å². The molecular formula is C19H20F2N2O2. The van der Waals surface area contributed by atoms with E-state index in [0.717, 1.165) is 0 Å². The molecule has 0 radical (unpaired) electrons. The van der Waals surface area contributed by atoms with E-state index in [2.05, 4.69) is 0 Å². The monoisotopic (exact) mass is 346 g/mol. The maximum atomic E-state index is 13.9. The van der Waals surface area contributed by atoms with Gasteiger partial charge in [0, 0.05) is 31.7 Å². The Morgan fingerprint density at radius 3 is 2.48 bits per heavy atom. The topological polar surface area (TPSA) is 32.8 Å². The van der Waals surface area contributed by atoms with Crippen molar-refractivity contribution in [2.24, 2.45) is 0 Å². The zero-order valence-electron chi connectivity index (χ0n) is 14.0. The van der Waals surface area contributed by atoms with Gasteiger partial charge in [0.05, 0.1) is 19.2 Å². The molecule has 0 N–H and O–H groups in total. The van der Waals surface area contributed by atoms with Crippen LogP contribution in [0.2, 0.25) is 0 Å². The molecular weight excluding hydrogens is 326 g/mol. The molecule has 1 aliphatic heterocycles. The van der Waals surface area contributed by atoms with E-state index < -0.39 is 5.82 Å². The van der Waals surface area contributed by atoms with Crippen molar-refractivity contribution >= 4 is 11.6 Å². The molecule has 1 heterocycles. The Labute approximate surface area is 145 Å². The highest BCUT2D eigenvalue weighted by Crippen LogP contribution is 2.22. The number of piperazine rings is 1. The predicted octanol–water partition coefficient (Wildman–Crippen LogP) is 2.86. The molecule has 3 rings (SSSR count). The van der Waals surface area contributed by atoms with Crippen LogP contribution >= 0.6 is 0 Å². The number of para-hydroxylation sites is 1. The van der Waals surface area contributed by atoms with Crippen LogP contribution in [0.3, 0.4) is 0 Å². The van der Waals surface area contributed by atoms with Gasteiger partial charge in [0.2, 0.25) is 5.91 Å². The lowest BCUT2D eigenvalue weighted by atomic mass is 10.1. The van der Waals surface area contributed by atoms with Crippen LogP contribution in [-0.2, 0) is 11.2 Å². The number of methoxy groups -OCH3 is 1. The zero-order valence-corrected chi connectivity index (χ0v) is 14.0. The number of anilines is 1. The number of hydrogen-bond acceptors (Lipinski definition) is 3. The summed E-state index contributed by atoms with van der Waals surface area (Å²) in [5.74, 6) is -0.239. The van der Waals surface area contributed by atoms with Crippen LogP contribution < -0.4 is 9.64 Å². The number of amides is 1. The van der Waals surface area contributed by atoms with Gasteiger partial charge in [0.15, 0.2) is 0 Å². The lowest BCUT2D eigenvalue weighted by Crippen LogP contribution is -2.49. The number of halogens is 2. The minimum Gasteiger partial charge on any atom is -0.496 e. The van der Waals surface area contributed by atoms with Crippen molar-refractivity contribution in [3.8, 4) is 5.75 Å². The highest BCUT2D eigenvalue weighted by Gasteiger charge is 2.23. The maximum absolute atomic E-state index is 13.9. The van der Waals surface area contributed by atoms with Gasteiger partial charge in [-0.3, -0.25) is 4.79 Å². The number of carbonyl (C=O) groups is 1. The van der Waals surface area contributed by atoms with Gasteiger partial charge >= 0.3 is 0 Å². The average molecular weight is 346 g/mol. The molecule has 0 spiro atoms. The molecule has 1 fully saturated rings. The fourth-order valence-electron chi connectivity index (χ4n) is 3.06. The van der Waals surface area contributed by atoms with Gasteiger partial charge in [-0.15, -0.1) is 0 Å². The van der Waals surface area contributed by atoms with Crippen LogP contribution in [0.5, 0.6) is 5.75 Å². The van der Waals surface area contributed by atoms with E-state index in [-0.39, 0.29) is 18.1 Å². The molecule has 0 saturated carbocycles. The van der Waals surface area contributed by atoms with Gasteiger partial charge in [0.1, 0.15) is 17.4 Å². The highest BCUT2D eigenvalue weighted by molar-refractivity contribution is 5.80. The fourth-order valence-corrected chi connectivity index (χ4v) is 3.06. The first-order chi connectivity index (χ1) is 12.1. The minimum atomic E-state index is -0.395. The highest BCUT2D eigenvalue weighted by atomic mass is 19.1. The second-order valence-corrected chi connectivity index (χ2v) is 5.95. The van der Waals surface area contributed by atoms with E-state index in [1.807, 2.05) is 4.90 Å². The van der Waals surface area contributed by atoms with Gasteiger partial charge in [-0.05, 0) is 30.3 Å². The minimum absolute atomic E-state index is 0.0840. The number of nitrogens with zero attached hydrogens (tertiary/aromatic N) is 2. The van der Waals surface area contributed by atoms with E-state index in [4.69, 9.17) is 4.74 Å². The van der Waals surface area contributed by atoms with E-state index in [0.29, 0.717) is 43.2 Å². The van der Waals surface area contributed by atoms with Crippen LogP contribution in [0, 0.1) is 11.6 Å². The van der Waals surface area contributed by atoms with Crippen molar-refractivity contribution in [3.63, 3.8) is 0 Å². The van der Waals surface area contributed by atoms with Gasteiger partial charge in [-0.25, -0.2) is 8.78 Å². The van der Waals surface area contributed by atoms with Gasteiger partial charge < -0.3 is 14.5 Å². The summed E-state index contributed by atoms with van der Waals surface area (Å²) in [6, 6.07) is 10.8. The molecule has 6 heteroatoms. The van der Waals surface area contributed by atoms with Gasteiger partial charge in [0.25, 0.3) is 0 Å². The molecule has 1 amide bonds. The smallest absolute Gasteiger partial charge is 0.227 e. The van der Waals surface area contributed by atoms with Gasteiger partial charge in [-0.1, -0.05) is 12.1 Å². The van der Waals surface area contributed by atoms with Crippen molar-refractivity contribution in [3.05, 3.63) is 59.7 Å². The average Bonchev–Trinajstić information content (AvgIpc) is 2.62.